The summed E-state index contributed by atoms with van der Waals surface area (Å²) >= 11 is 3.44. The summed E-state index contributed by atoms with van der Waals surface area (Å²) in [6.45, 7) is 6.21. The lowest BCUT2D eigenvalue weighted by Crippen LogP contribution is -2.46. The molecule has 1 fully saturated rings. The number of allylic oxidation sites excluding steroid dienone is 6. The van der Waals surface area contributed by atoms with E-state index in [0.717, 1.165) is 56.5 Å². The summed E-state index contributed by atoms with van der Waals surface area (Å²) in [6, 6.07) is 0. The highest BCUT2D eigenvalue weighted by atomic mass is 32.2. The molecular formula is C29H48O4S2. The maximum atomic E-state index is 12.6. The van der Waals surface area contributed by atoms with E-state index in [2.05, 4.69) is 43.4 Å². The van der Waals surface area contributed by atoms with E-state index in [4.69, 9.17) is 9.47 Å². The molecule has 200 valence electrons. The Morgan fingerprint density at radius 1 is 0.714 bits per heavy atom. The molecule has 1 atom stereocenters. The van der Waals surface area contributed by atoms with Crippen molar-refractivity contribution in [2.75, 3.05) is 11.5 Å². The standard InChI is InChI=1S/C29H48O4S2/c1-4-7-9-10-11-12-13-14-15-16-17-18-19-20-21-23-27(31)33-29(6-3,28-34-24-25-35-28)32-26(30)22-8-5-2/h11-12,14-15,17-18,28H,4-10,13,16,19-25H2,1-3H3/b12-11-,15-14-,18-17-. The molecular weight excluding hydrogens is 476 g/mol. The summed E-state index contributed by atoms with van der Waals surface area (Å²) in [5, 5.41) is 0. The topological polar surface area (TPSA) is 52.6 Å². The average molecular weight is 525 g/mol. The van der Waals surface area contributed by atoms with Crippen molar-refractivity contribution in [3.63, 3.8) is 0 Å². The number of thioether (sulfide) groups is 2. The molecule has 1 aliphatic heterocycles. The van der Waals surface area contributed by atoms with Crippen LogP contribution in [-0.2, 0) is 19.1 Å². The van der Waals surface area contributed by atoms with E-state index >= 15 is 0 Å². The number of esters is 2. The second-order valence-corrected chi connectivity index (χ2v) is 11.6. The number of ether oxygens (including phenoxy) is 2. The van der Waals surface area contributed by atoms with E-state index in [0.29, 0.717) is 19.3 Å². The molecule has 0 aromatic heterocycles. The Hall–Kier alpha value is -1.14. The van der Waals surface area contributed by atoms with Crippen LogP contribution in [0.4, 0.5) is 0 Å². The lowest BCUT2D eigenvalue weighted by molar-refractivity contribution is -0.224. The summed E-state index contributed by atoms with van der Waals surface area (Å²) < 4.78 is 11.7. The summed E-state index contributed by atoms with van der Waals surface area (Å²) in [5.41, 5.74) is 0. The molecule has 6 heteroatoms. The Kier molecular flexibility index (Phi) is 19.1. The van der Waals surface area contributed by atoms with Crippen molar-refractivity contribution < 1.29 is 19.1 Å². The summed E-state index contributed by atoms with van der Waals surface area (Å²) in [7, 11) is 0. The molecule has 35 heavy (non-hydrogen) atoms. The molecule has 0 amide bonds. The normalized spacial score (nSPS) is 16.4. The average Bonchev–Trinajstić information content (AvgIpc) is 3.40. The van der Waals surface area contributed by atoms with Gasteiger partial charge in [-0.15, -0.1) is 23.5 Å². The molecule has 1 rings (SSSR count). The SMILES string of the molecule is CCCCC/C=C\C/C=C\C/C=C\CCCCC(=O)OC(CC)(OC(=O)CCCC)C1SCCS1. The highest BCUT2D eigenvalue weighted by molar-refractivity contribution is 8.20. The van der Waals surface area contributed by atoms with Crippen LogP contribution in [0.15, 0.2) is 36.5 Å². The molecule has 1 saturated heterocycles. The zero-order chi connectivity index (χ0) is 25.6. The van der Waals surface area contributed by atoms with Gasteiger partial charge in [-0.05, 0) is 51.4 Å². The van der Waals surface area contributed by atoms with Gasteiger partial charge in [-0.1, -0.05) is 76.5 Å². The number of hydrogen-bond acceptors (Lipinski definition) is 6. The molecule has 4 nitrogen and oxygen atoms in total. The first kappa shape index (κ1) is 31.9. The van der Waals surface area contributed by atoms with Gasteiger partial charge in [0.1, 0.15) is 4.58 Å². The number of rotatable bonds is 20. The van der Waals surface area contributed by atoms with Crippen LogP contribution >= 0.6 is 23.5 Å². The number of carbonyl (C=O) groups excluding carboxylic acids is 2. The van der Waals surface area contributed by atoms with Crippen molar-refractivity contribution >= 4 is 35.5 Å². The molecule has 0 spiro atoms. The van der Waals surface area contributed by atoms with Gasteiger partial charge in [-0.2, -0.15) is 0 Å². The van der Waals surface area contributed by atoms with Crippen molar-refractivity contribution in [2.24, 2.45) is 0 Å². The second-order valence-electron chi connectivity index (χ2n) is 8.92. The predicted octanol–water partition coefficient (Wildman–Crippen LogP) is 8.76. The molecule has 1 heterocycles. The van der Waals surface area contributed by atoms with E-state index in [9.17, 15) is 9.59 Å². The molecule has 0 aromatic carbocycles. The van der Waals surface area contributed by atoms with Gasteiger partial charge in [0, 0.05) is 30.8 Å². The Balaban J connectivity index is 2.30. The molecule has 1 aliphatic rings. The van der Waals surface area contributed by atoms with E-state index < -0.39 is 5.79 Å². The van der Waals surface area contributed by atoms with Gasteiger partial charge in [0.15, 0.2) is 0 Å². The maximum Gasteiger partial charge on any atom is 0.309 e. The van der Waals surface area contributed by atoms with E-state index in [1.807, 2.05) is 13.8 Å². The highest BCUT2D eigenvalue weighted by Gasteiger charge is 2.47. The van der Waals surface area contributed by atoms with Crippen molar-refractivity contribution in [1.82, 2.24) is 0 Å². The van der Waals surface area contributed by atoms with Crippen LogP contribution in [0, 0.1) is 0 Å². The summed E-state index contributed by atoms with van der Waals surface area (Å²) in [5.74, 6) is 0.288. The van der Waals surface area contributed by atoms with Crippen molar-refractivity contribution in [3.8, 4) is 0 Å². The van der Waals surface area contributed by atoms with Gasteiger partial charge >= 0.3 is 11.9 Å². The minimum Gasteiger partial charge on any atom is -0.420 e. The summed E-state index contributed by atoms with van der Waals surface area (Å²) in [4.78, 5) is 25.0. The van der Waals surface area contributed by atoms with Gasteiger partial charge in [0.2, 0.25) is 0 Å². The van der Waals surface area contributed by atoms with Crippen LogP contribution in [0.25, 0.3) is 0 Å². The van der Waals surface area contributed by atoms with Crippen molar-refractivity contribution in [3.05, 3.63) is 36.5 Å². The molecule has 1 unspecified atom stereocenters. The van der Waals surface area contributed by atoms with E-state index in [1.54, 1.807) is 23.5 Å². The molecule has 0 bridgehead atoms. The van der Waals surface area contributed by atoms with Gasteiger partial charge in [-0.3, -0.25) is 9.59 Å². The van der Waals surface area contributed by atoms with Gasteiger partial charge in [-0.25, -0.2) is 0 Å². The van der Waals surface area contributed by atoms with Crippen LogP contribution in [-0.4, -0.2) is 33.8 Å². The van der Waals surface area contributed by atoms with Gasteiger partial charge in [0.25, 0.3) is 5.79 Å². The zero-order valence-corrected chi connectivity index (χ0v) is 23.9. The predicted molar refractivity (Wildman–Crippen MR) is 153 cm³/mol. The Labute approximate surface area is 223 Å². The zero-order valence-electron chi connectivity index (χ0n) is 22.3. The van der Waals surface area contributed by atoms with Gasteiger partial charge in [0.05, 0.1) is 0 Å². The molecule has 0 N–H and O–H groups in total. The van der Waals surface area contributed by atoms with Crippen molar-refractivity contribution in [1.29, 1.82) is 0 Å². The fraction of sp³-hybridized carbons (Fsp3) is 0.724. The van der Waals surface area contributed by atoms with Crippen molar-refractivity contribution in [2.45, 2.75) is 121 Å². The first-order valence-corrected chi connectivity index (χ1v) is 15.8. The smallest absolute Gasteiger partial charge is 0.309 e. The van der Waals surface area contributed by atoms with Gasteiger partial charge < -0.3 is 9.47 Å². The fourth-order valence-electron chi connectivity index (χ4n) is 3.67. The van der Waals surface area contributed by atoms with Crippen LogP contribution in [0.3, 0.4) is 0 Å². The largest absolute Gasteiger partial charge is 0.420 e. The fourth-order valence-corrected chi connectivity index (χ4v) is 6.86. The van der Waals surface area contributed by atoms with E-state index in [-0.39, 0.29) is 16.5 Å². The molecule has 0 saturated carbocycles. The Morgan fingerprint density at radius 2 is 1.20 bits per heavy atom. The maximum absolute atomic E-state index is 12.6. The van der Waals surface area contributed by atoms with Crippen LogP contribution < -0.4 is 0 Å². The highest BCUT2D eigenvalue weighted by Crippen LogP contribution is 2.44. The third kappa shape index (κ3) is 14.9. The first-order valence-electron chi connectivity index (χ1n) is 13.7. The third-order valence-corrected chi connectivity index (χ3v) is 9.08. The number of unbranched alkanes of at least 4 members (excludes halogenated alkanes) is 6. The first-order chi connectivity index (χ1) is 17.1. The number of hydrogen-bond donors (Lipinski definition) is 0. The molecule has 0 radical (unpaired) electrons. The van der Waals surface area contributed by atoms with E-state index in [1.165, 1.54) is 25.7 Å². The van der Waals surface area contributed by atoms with Crippen LogP contribution in [0.2, 0.25) is 0 Å². The molecule has 0 aromatic rings. The lowest BCUT2D eigenvalue weighted by Gasteiger charge is -2.35. The van der Waals surface area contributed by atoms with Crippen LogP contribution in [0.1, 0.15) is 111 Å². The Morgan fingerprint density at radius 3 is 1.71 bits per heavy atom. The summed E-state index contributed by atoms with van der Waals surface area (Å²) in [6.07, 6.45) is 26.0. The monoisotopic (exact) mass is 524 g/mol. The third-order valence-electron chi connectivity index (χ3n) is 5.80. The quantitative estimate of drug-likeness (QED) is 0.0686. The minimum atomic E-state index is -1.15. The van der Waals surface area contributed by atoms with Crippen LogP contribution in [0.5, 0.6) is 0 Å². The second kappa shape index (κ2) is 21.0. The Bertz CT molecular complexity index is 653. The minimum absolute atomic E-state index is 0.0467. The number of carbonyl (C=O) groups is 2. The molecule has 0 aliphatic carbocycles. The lowest BCUT2D eigenvalue weighted by atomic mass is 10.1.